The van der Waals surface area contributed by atoms with E-state index in [1.165, 1.54) is 0 Å². The largest absolute Gasteiger partial charge is 0.480 e. The maximum Gasteiger partial charge on any atom is 0.318 e. The van der Waals surface area contributed by atoms with Gasteiger partial charge in [-0.2, -0.15) is 4.31 Å². The molecule has 0 aliphatic heterocycles. The van der Waals surface area contributed by atoms with Gasteiger partial charge in [0, 0.05) is 6.54 Å². The van der Waals surface area contributed by atoms with Crippen LogP contribution >= 0.6 is 0 Å². The summed E-state index contributed by atoms with van der Waals surface area (Å²) in [5, 5.41) is 8.55. The molecule has 0 saturated heterocycles. The van der Waals surface area contributed by atoms with Crippen LogP contribution in [-0.2, 0) is 14.8 Å². The van der Waals surface area contributed by atoms with Gasteiger partial charge >= 0.3 is 5.97 Å². The Morgan fingerprint density at radius 3 is 2.27 bits per heavy atom. The second kappa shape index (κ2) is 6.07. The van der Waals surface area contributed by atoms with Gasteiger partial charge in [0.25, 0.3) is 0 Å². The quantitative estimate of drug-likeness (QED) is 0.709. The first-order valence-electron chi connectivity index (χ1n) is 4.90. The molecule has 0 heterocycles. The second-order valence-electron chi connectivity index (χ2n) is 4.03. The Bertz CT molecular complexity index is 297. The Labute approximate surface area is 91.1 Å². The molecule has 0 aliphatic carbocycles. The zero-order chi connectivity index (χ0) is 12.1. The van der Waals surface area contributed by atoms with Crippen molar-refractivity contribution >= 4 is 16.0 Å². The van der Waals surface area contributed by atoms with Gasteiger partial charge in [-0.15, -0.1) is 0 Å². The summed E-state index contributed by atoms with van der Waals surface area (Å²) in [4.78, 5) is 10.4. The van der Waals surface area contributed by atoms with E-state index in [1.54, 1.807) is 0 Å². The predicted octanol–water partition coefficient (Wildman–Crippen LogP) is 0.769. The van der Waals surface area contributed by atoms with E-state index in [0.29, 0.717) is 12.3 Å². The minimum Gasteiger partial charge on any atom is -0.480 e. The summed E-state index contributed by atoms with van der Waals surface area (Å²) in [6, 6.07) is 0. The van der Waals surface area contributed by atoms with Crippen LogP contribution in [-0.4, -0.2) is 43.1 Å². The number of sulfonamides is 1. The van der Waals surface area contributed by atoms with Crippen LogP contribution in [0.15, 0.2) is 0 Å². The van der Waals surface area contributed by atoms with Gasteiger partial charge in [0.1, 0.15) is 6.54 Å². The number of rotatable bonds is 7. The van der Waals surface area contributed by atoms with Crippen molar-refractivity contribution in [2.75, 3.05) is 19.3 Å². The summed E-state index contributed by atoms with van der Waals surface area (Å²) in [6.07, 6.45) is 2.62. The average Bonchev–Trinajstić information content (AvgIpc) is 1.99. The molecule has 1 N–H and O–H groups in total. The Balaban J connectivity index is 4.21. The molecule has 0 aromatic rings. The number of hydrogen-bond donors (Lipinski definition) is 1. The van der Waals surface area contributed by atoms with Gasteiger partial charge in [0.05, 0.1) is 6.26 Å². The van der Waals surface area contributed by atoms with Crippen molar-refractivity contribution in [1.29, 1.82) is 0 Å². The fourth-order valence-electron chi connectivity index (χ4n) is 1.19. The molecule has 0 atom stereocenters. The highest BCUT2D eigenvalue weighted by atomic mass is 32.2. The highest BCUT2D eigenvalue weighted by Gasteiger charge is 2.18. The second-order valence-corrected chi connectivity index (χ2v) is 6.01. The first kappa shape index (κ1) is 14.4. The molecule has 0 aromatic carbocycles. The number of aliphatic carboxylic acids is 1. The molecule has 0 radical (unpaired) electrons. The zero-order valence-corrected chi connectivity index (χ0v) is 10.2. The third-order valence-corrected chi connectivity index (χ3v) is 3.22. The highest BCUT2D eigenvalue weighted by Crippen LogP contribution is 2.07. The van der Waals surface area contributed by atoms with E-state index in [0.717, 1.165) is 17.0 Å². The average molecular weight is 237 g/mol. The topological polar surface area (TPSA) is 74.7 Å². The summed E-state index contributed by atoms with van der Waals surface area (Å²) in [5.41, 5.74) is 0. The first-order chi connectivity index (χ1) is 6.73. The normalized spacial score (nSPS) is 12.3. The highest BCUT2D eigenvalue weighted by molar-refractivity contribution is 7.88. The number of carbonyl (C=O) groups is 1. The van der Waals surface area contributed by atoms with E-state index in [1.807, 2.05) is 13.8 Å². The number of hydrogen-bond acceptors (Lipinski definition) is 3. The Morgan fingerprint density at radius 2 is 1.93 bits per heavy atom. The molecule has 5 nitrogen and oxygen atoms in total. The molecule has 15 heavy (non-hydrogen) atoms. The number of carboxylic acid groups (broad SMARTS) is 1. The lowest BCUT2D eigenvalue weighted by atomic mass is 10.1. The predicted molar refractivity (Wildman–Crippen MR) is 58.1 cm³/mol. The van der Waals surface area contributed by atoms with Crippen molar-refractivity contribution in [2.24, 2.45) is 5.92 Å². The Morgan fingerprint density at radius 1 is 1.40 bits per heavy atom. The maximum atomic E-state index is 11.2. The third kappa shape index (κ3) is 7.33. The summed E-state index contributed by atoms with van der Waals surface area (Å²) >= 11 is 0. The van der Waals surface area contributed by atoms with Crippen LogP contribution < -0.4 is 0 Å². The minimum absolute atomic E-state index is 0.281. The summed E-state index contributed by atoms with van der Waals surface area (Å²) < 4.78 is 23.4. The molecule has 90 valence electrons. The molecule has 6 heteroatoms. The van der Waals surface area contributed by atoms with E-state index < -0.39 is 22.5 Å². The minimum atomic E-state index is -3.41. The fraction of sp³-hybridized carbons (Fsp3) is 0.889. The summed E-state index contributed by atoms with van der Waals surface area (Å²) in [5.74, 6) is -0.624. The van der Waals surface area contributed by atoms with Gasteiger partial charge in [-0.25, -0.2) is 8.42 Å². The molecule has 0 amide bonds. The molecule has 0 rings (SSSR count). The maximum absolute atomic E-state index is 11.2. The monoisotopic (exact) mass is 237 g/mol. The molecule has 0 bridgehead atoms. The van der Waals surface area contributed by atoms with Gasteiger partial charge < -0.3 is 5.11 Å². The van der Waals surface area contributed by atoms with E-state index in [9.17, 15) is 13.2 Å². The van der Waals surface area contributed by atoms with Gasteiger partial charge in [-0.3, -0.25) is 4.79 Å². The van der Waals surface area contributed by atoms with Crippen molar-refractivity contribution in [3.63, 3.8) is 0 Å². The van der Waals surface area contributed by atoms with Gasteiger partial charge in [0.15, 0.2) is 0 Å². The van der Waals surface area contributed by atoms with Crippen LogP contribution in [0.1, 0.15) is 26.7 Å². The van der Waals surface area contributed by atoms with Crippen molar-refractivity contribution in [2.45, 2.75) is 26.7 Å². The SMILES string of the molecule is CC(C)CCCN(CC(=O)O)S(C)(=O)=O. The summed E-state index contributed by atoms with van der Waals surface area (Å²) in [6.45, 7) is 3.92. The Hall–Kier alpha value is -0.620. The lowest BCUT2D eigenvalue weighted by Crippen LogP contribution is -2.35. The molecule has 0 aromatic heterocycles. The molecule has 0 aliphatic rings. The van der Waals surface area contributed by atoms with Crippen LogP contribution in [0.2, 0.25) is 0 Å². The molecular formula is C9H19NO4S. The molecule has 0 fully saturated rings. The third-order valence-electron chi connectivity index (χ3n) is 1.97. The van der Waals surface area contributed by atoms with Gasteiger partial charge in [0.2, 0.25) is 10.0 Å². The standard InChI is InChI=1S/C9H19NO4S/c1-8(2)5-4-6-10(7-9(11)12)15(3,13)14/h8H,4-7H2,1-3H3,(H,11,12). The van der Waals surface area contributed by atoms with Crippen LogP contribution in [0.25, 0.3) is 0 Å². The van der Waals surface area contributed by atoms with Gasteiger partial charge in [-0.05, 0) is 18.8 Å². The lowest BCUT2D eigenvalue weighted by Gasteiger charge is -2.17. The molecule has 0 spiro atoms. The number of nitrogens with zero attached hydrogens (tertiary/aromatic N) is 1. The van der Waals surface area contributed by atoms with Crippen LogP contribution in [0.5, 0.6) is 0 Å². The van der Waals surface area contributed by atoms with Crippen LogP contribution in [0, 0.1) is 5.92 Å². The number of carboxylic acids is 1. The van der Waals surface area contributed by atoms with E-state index in [-0.39, 0.29) is 6.54 Å². The first-order valence-corrected chi connectivity index (χ1v) is 6.75. The smallest absolute Gasteiger partial charge is 0.318 e. The van der Waals surface area contributed by atoms with E-state index >= 15 is 0 Å². The van der Waals surface area contributed by atoms with Crippen molar-refractivity contribution in [1.82, 2.24) is 4.31 Å². The molecule has 0 unspecified atom stereocenters. The Kier molecular flexibility index (Phi) is 5.82. The van der Waals surface area contributed by atoms with Crippen molar-refractivity contribution < 1.29 is 18.3 Å². The van der Waals surface area contributed by atoms with E-state index in [2.05, 4.69) is 0 Å². The fourth-order valence-corrected chi connectivity index (χ4v) is 1.99. The van der Waals surface area contributed by atoms with Gasteiger partial charge in [-0.1, -0.05) is 13.8 Å². The van der Waals surface area contributed by atoms with Crippen LogP contribution in [0.3, 0.4) is 0 Å². The van der Waals surface area contributed by atoms with Crippen molar-refractivity contribution in [3.05, 3.63) is 0 Å². The van der Waals surface area contributed by atoms with Crippen LogP contribution in [0.4, 0.5) is 0 Å². The molecule has 0 saturated carbocycles. The zero-order valence-electron chi connectivity index (χ0n) is 9.43. The van der Waals surface area contributed by atoms with Crippen molar-refractivity contribution in [3.8, 4) is 0 Å². The van der Waals surface area contributed by atoms with E-state index in [4.69, 9.17) is 5.11 Å². The molecular weight excluding hydrogens is 218 g/mol. The lowest BCUT2D eigenvalue weighted by molar-refractivity contribution is -0.137. The summed E-state index contributed by atoms with van der Waals surface area (Å²) in [7, 11) is -3.41.